The van der Waals surface area contributed by atoms with Gasteiger partial charge in [-0.15, -0.1) is 10.2 Å². The molecule has 3 fully saturated rings. The van der Waals surface area contributed by atoms with Crippen LogP contribution in [0.1, 0.15) is 50.3 Å². The zero-order chi connectivity index (χ0) is 18.4. The smallest absolute Gasteiger partial charge is 0.225 e. The lowest BCUT2D eigenvalue weighted by Crippen LogP contribution is -2.47. The van der Waals surface area contributed by atoms with E-state index in [1.54, 1.807) is 11.8 Å². The third-order valence-electron chi connectivity index (χ3n) is 6.53. The summed E-state index contributed by atoms with van der Waals surface area (Å²) in [5.74, 6) is 2.67. The highest BCUT2D eigenvalue weighted by molar-refractivity contribution is 5.81. The van der Waals surface area contributed by atoms with E-state index >= 15 is 0 Å². The van der Waals surface area contributed by atoms with Gasteiger partial charge in [-0.1, -0.05) is 6.92 Å². The first-order chi connectivity index (χ1) is 12.4. The van der Waals surface area contributed by atoms with E-state index in [2.05, 4.69) is 17.1 Å². The highest BCUT2D eigenvalue weighted by atomic mass is 16.4. The molecule has 2 saturated heterocycles. The van der Waals surface area contributed by atoms with Crippen molar-refractivity contribution in [1.82, 2.24) is 20.0 Å². The number of aromatic nitrogens is 2. The minimum Gasteiger partial charge on any atom is -0.425 e. The Balaban J connectivity index is 1.52. The number of hydrogen-bond donors (Lipinski definition) is 0. The van der Waals surface area contributed by atoms with E-state index in [0.29, 0.717) is 30.8 Å². The second kappa shape index (κ2) is 6.67. The fourth-order valence-electron chi connectivity index (χ4n) is 5.02. The van der Waals surface area contributed by atoms with Gasteiger partial charge in [0.25, 0.3) is 0 Å². The fraction of sp³-hybridized carbons (Fsp3) is 0.789. The van der Waals surface area contributed by atoms with Crippen molar-refractivity contribution >= 4 is 11.8 Å². The van der Waals surface area contributed by atoms with Gasteiger partial charge in [-0.25, -0.2) is 0 Å². The van der Waals surface area contributed by atoms with Crippen molar-refractivity contribution in [3.05, 3.63) is 11.8 Å². The number of rotatable bonds is 2. The van der Waals surface area contributed by atoms with Gasteiger partial charge in [0.15, 0.2) is 0 Å². The maximum atomic E-state index is 12.8. The van der Waals surface area contributed by atoms with Crippen LogP contribution in [0.15, 0.2) is 4.42 Å². The number of carbonyl (C=O) groups excluding carboxylic acids is 2. The molecule has 1 aromatic rings. The molecule has 3 atom stereocenters. The number of hydrogen-bond acceptors (Lipinski definition) is 5. The van der Waals surface area contributed by atoms with Crippen molar-refractivity contribution < 1.29 is 14.0 Å². The standard InChI is InChI=1S/C19H28N4O3/c1-11-8-13(9-11)18(24)23-6-4-14-15(5-7-23)19(25)22(3)10-16(14)17-21-20-12(2)26-17/h11,13-16H,4-10H2,1-3H3/t11?,13?,14-,15+,16?/m1/s1. The van der Waals surface area contributed by atoms with Gasteiger partial charge in [-0.05, 0) is 37.5 Å². The van der Waals surface area contributed by atoms with E-state index in [9.17, 15) is 9.59 Å². The van der Waals surface area contributed by atoms with Crippen LogP contribution in [-0.4, -0.2) is 58.5 Å². The predicted octanol–water partition coefficient (Wildman–Crippen LogP) is 1.83. The summed E-state index contributed by atoms with van der Waals surface area (Å²) in [6.45, 7) is 6.01. The lowest BCUT2D eigenvalue weighted by Gasteiger charge is -2.39. The zero-order valence-electron chi connectivity index (χ0n) is 15.9. The second-order valence-corrected chi connectivity index (χ2v) is 8.43. The van der Waals surface area contributed by atoms with Crippen molar-refractivity contribution in [1.29, 1.82) is 0 Å². The van der Waals surface area contributed by atoms with Crippen LogP contribution in [0.3, 0.4) is 0 Å². The molecule has 26 heavy (non-hydrogen) atoms. The van der Waals surface area contributed by atoms with Crippen LogP contribution < -0.4 is 0 Å². The Morgan fingerprint density at radius 1 is 1.15 bits per heavy atom. The number of fused-ring (bicyclic) bond motifs is 1. The van der Waals surface area contributed by atoms with Crippen molar-refractivity contribution in [2.45, 2.75) is 45.4 Å². The van der Waals surface area contributed by atoms with E-state index in [-0.39, 0.29) is 35.5 Å². The van der Waals surface area contributed by atoms with E-state index in [4.69, 9.17) is 4.42 Å². The molecular weight excluding hydrogens is 332 g/mol. The van der Waals surface area contributed by atoms with Crippen LogP contribution in [-0.2, 0) is 9.59 Å². The summed E-state index contributed by atoms with van der Waals surface area (Å²) in [5, 5.41) is 8.20. The Kier molecular flexibility index (Phi) is 4.49. The van der Waals surface area contributed by atoms with Crippen LogP contribution in [0.25, 0.3) is 0 Å². The first-order valence-corrected chi connectivity index (χ1v) is 9.77. The quantitative estimate of drug-likeness (QED) is 0.804. The summed E-state index contributed by atoms with van der Waals surface area (Å²) in [6.07, 6.45) is 3.57. The maximum Gasteiger partial charge on any atom is 0.225 e. The van der Waals surface area contributed by atoms with E-state index in [1.165, 1.54) is 0 Å². The molecule has 0 N–H and O–H groups in total. The summed E-state index contributed by atoms with van der Waals surface area (Å²) in [7, 11) is 1.85. The molecule has 3 aliphatic rings. The first kappa shape index (κ1) is 17.5. The molecule has 0 radical (unpaired) electrons. The van der Waals surface area contributed by atoms with E-state index in [1.807, 2.05) is 11.9 Å². The molecule has 1 aromatic heterocycles. The summed E-state index contributed by atoms with van der Waals surface area (Å²) >= 11 is 0. The van der Waals surface area contributed by atoms with E-state index < -0.39 is 0 Å². The van der Waals surface area contributed by atoms with Gasteiger partial charge in [-0.3, -0.25) is 9.59 Å². The largest absolute Gasteiger partial charge is 0.425 e. The number of carbonyl (C=O) groups is 2. The molecule has 2 amide bonds. The molecule has 0 spiro atoms. The van der Waals surface area contributed by atoms with Gasteiger partial charge in [0.1, 0.15) is 0 Å². The molecule has 4 rings (SSSR count). The third kappa shape index (κ3) is 3.01. The van der Waals surface area contributed by atoms with Crippen LogP contribution in [0.4, 0.5) is 0 Å². The normalized spacial score (nSPS) is 34.9. The summed E-state index contributed by atoms with van der Waals surface area (Å²) in [6, 6.07) is 0. The third-order valence-corrected chi connectivity index (χ3v) is 6.53. The average Bonchev–Trinajstić information content (AvgIpc) is 2.89. The summed E-state index contributed by atoms with van der Waals surface area (Å²) in [5.41, 5.74) is 0. The highest BCUT2D eigenvalue weighted by Crippen LogP contribution is 2.42. The molecule has 2 aliphatic heterocycles. The molecule has 0 aromatic carbocycles. The molecular formula is C19H28N4O3. The number of aryl methyl sites for hydroxylation is 1. The van der Waals surface area contributed by atoms with Crippen molar-refractivity contribution in [3.63, 3.8) is 0 Å². The minimum absolute atomic E-state index is 0.0580. The van der Waals surface area contributed by atoms with Crippen LogP contribution in [0.5, 0.6) is 0 Å². The van der Waals surface area contributed by atoms with Crippen LogP contribution >= 0.6 is 0 Å². The minimum atomic E-state index is -0.0657. The number of nitrogens with zero attached hydrogens (tertiary/aromatic N) is 4. The molecule has 7 nitrogen and oxygen atoms in total. The van der Waals surface area contributed by atoms with Gasteiger partial charge in [0.05, 0.1) is 5.92 Å². The summed E-state index contributed by atoms with van der Waals surface area (Å²) in [4.78, 5) is 29.3. The van der Waals surface area contributed by atoms with Crippen LogP contribution in [0.2, 0.25) is 0 Å². The second-order valence-electron chi connectivity index (χ2n) is 8.43. The molecule has 0 bridgehead atoms. The number of likely N-dealkylation sites (N-methyl/N-ethyl adjacent to an activating group) is 1. The molecule has 142 valence electrons. The van der Waals surface area contributed by atoms with Crippen molar-refractivity contribution in [2.24, 2.45) is 23.7 Å². The lowest BCUT2D eigenvalue weighted by atomic mass is 9.74. The highest BCUT2D eigenvalue weighted by Gasteiger charge is 2.46. The first-order valence-electron chi connectivity index (χ1n) is 9.77. The average molecular weight is 360 g/mol. The Morgan fingerprint density at radius 3 is 2.54 bits per heavy atom. The number of likely N-dealkylation sites (tertiary alicyclic amines) is 2. The van der Waals surface area contributed by atoms with Gasteiger partial charge in [0, 0.05) is 45.4 Å². The Morgan fingerprint density at radius 2 is 1.88 bits per heavy atom. The molecule has 1 aliphatic carbocycles. The molecule has 1 saturated carbocycles. The van der Waals surface area contributed by atoms with Gasteiger partial charge in [0.2, 0.25) is 23.6 Å². The van der Waals surface area contributed by atoms with Gasteiger partial charge < -0.3 is 14.2 Å². The van der Waals surface area contributed by atoms with Crippen LogP contribution in [0, 0.1) is 30.6 Å². The van der Waals surface area contributed by atoms with Gasteiger partial charge in [-0.2, -0.15) is 0 Å². The number of piperidine rings is 1. The predicted molar refractivity (Wildman–Crippen MR) is 94.1 cm³/mol. The number of amides is 2. The zero-order valence-corrected chi connectivity index (χ0v) is 15.9. The molecule has 7 heteroatoms. The van der Waals surface area contributed by atoms with Crippen molar-refractivity contribution in [2.75, 3.05) is 26.7 Å². The van der Waals surface area contributed by atoms with Crippen molar-refractivity contribution in [3.8, 4) is 0 Å². The van der Waals surface area contributed by atoms with E-state index in [0.717, 1.165) is 32.2 Å². The summed E-state index contributed by atoms with van der Waals surface area (Å²) < 4.78 is 5.71. The topological polar surface area (TPSA) is 79.5 Å². The monoisotopic (exact) mass is 360 g/mol. The SMILES string of the molecule is Cc1nnc(C2CN(C)C(=O)[C@H]3CCN(C(=O)C4CC(C)C4)CC[C@@H]23)o1. The fourth-order valence-corrected chi connectivity index (χ4v) is 5.02. The van der Waals surface area contributed by atoms with Gasteiger partial charge >= 0.3 is 0 Å². The Labute approximate surface area is 154 Å². The lowest BCUT2D eigenvalue weighted by molar-refractivity contribution is -0.142. The molecule has 1 unspecified atom stereocenters. The maximum absolute atomic E-state index is 12.8. The molecule has 3 heterocycles. The Bertz CT molecular complexity index is 697. The Hall–Kier alpha value is -1.92.